The van der Waals surface area contributed by atoms with Gasteiger partial charge in [0, 0.05) is 77.9 Å². The molecule has 3 heterocycles. The van der Waals surface area contributed by atoms with Crippen LogP contribution in [-0.4, -0.2) is 61.7 Å². The molecular weight excluding hydrogens is 694 g/mol. The van der Waals surface area contributed by atoms with Crippen LogP contribution < -0.4 is 15.1 Å². The molecule has 0 radical (unpaired) electrons. The van der Waals surface area contributed by atoms with Gasteiger partial charge in [0.05, 0.1) is 46.9 Å². The Balaban J connectivity index is 1.00. The van der Waals surface area contributed by atoms with Gasteiger partial charge in [-0.3, -0.25) is 15.1 Å². The minimum Gasteiger partial charge on any atom is -0.466 e. The molecule has 274 valence electrons. The van der Waals surface area contributed by atoms with Gasteiger partial charge in [0.2, 0.25) is 0 Å². The van der Waals surface area contributed by atoms with Gasteiger partial charge in [-0.15, -0.1) is 0 Å². The van der Waals surface area contributed by atoms with Crippen molar-refractivity contribution < 1.29 is 24.0 Å². The normalized spacial score (nSPS) is 17.4. The maximum absolute atomic E-state index is 13.7. The summed E-state index contributed by atoms with van der Waals surface area (Å²) in [6, 6.07) is 20.4. The highest BCUT2D eigenvalue weighted by atomic mass is 35.5. The minimum absolute atomic E-state index is 0.112. The van der Waals surface area contributed by atoms with E-state index in [4.69, 9.17) is 26.1 Å². The van der Waals surface area contributed by atoms with Crippen LogP contribution in [0.5, 0.6) is 0 Å². The average molecular weight is 736 g/mol. The number of nitro groups is 1. The average Bonchev–Trinajstić information content (AvgIpc) is 3.16. The summed E-state index contributed by atoms with van der Waals surface area (Å²) in [5, 5.41) is 16.6. The van der Waals surface area contributed by atoms with E-state index >= 15 is 0 Å². The second-order valence-corrected chi connectivity index (χ2v) is 14.2. The Labute approximate surface area is 313 Å². The highest BCUT2D eigenvalue weighted by Crippen LogP contribution is 2.41. The predicted molar refractivity (Wildman–Crippen MR) is 205 cm³/mol. The number of dihydropyridines is 1. The van der Waals surface area contributed by atoms with Crippen LogP contribution in [0, 0.1) is 10.1 Å². The number of nitrogens with one attached hydrogen (secondary N) is 1. The molecule has 3 aromatic carbocycles. The molecule has 11 nitrogen and oxygen atoms in total. The number of fused-ring (bicyclic) bond motifs is 2. The van der Waals surface area contributed by atoms with Crippen molar-refractivity contribution in [2.45, 2.75) is 51.9 Å². The van der Waals surface area contributed by atoms with Gasteiger partial charge in [-0.25, -0.2) is 9.59 Å². The minimum atomic E-state index is -0.906. The van der Waals surface area contributed by atoms with Gasteiger partial charge in [-0.2, -0.15) is 0 Å². The molecule has 0 saturated carbocycles. The zero-order chi connectivity index (χ0) is 37.2. The van der Waals surface area contributed by atoms with Crippen LogP contribution in [0.2, 0.25) is 5.02 Å². The van der Waals surface area contributed by atoms with Crippen LogP contribution >= 0.6 is 11.6 Å². The fourth-order valence-corrected chi connectivity index (χ4v) is 8.10. The highest BCUT2D eigenvalue weighted by molar-refractivity contribution is 6.31. The summed E-state index contributed by atoms with van der Waals surface area (Å²) in [6.07, 6.45) is 4.93. The van der Waals surface area contributed by atoms with Crippen molar-refractivity contribution in [3.63, 3.8) is 0 Å². The molecule has 1 atom stereocenters. The number of halogens is 1. The standard InChI is InChI=1S/C41H42ClN5O6/c1-25-36(40(48)52-3)38(28-7-6-8-31(23-28)47(50)51)37(26(2)43-25)41(49)53-22-17-27-11-14-30(15-12-27)45-18-20-46(21-19-45)39-32-9-4-5-10-34(32)44-35-24-29(42)13-16-33(35)39/h6-8,11-16,23-24,38,43H,4-5,9-10,17-22H2,1-3H3. The molecule has 53 heavy (non-hydrogen) atoms. The largest absolute Gasteiger partial charge is 0.466 e. The molecule has 1 saturated heterocycles. The number of ether oxygens (including phenoxy) is 2. The van der Waals surface area contributed by atoms with Crippen molar-refractivity contribution in [3.8, 4) is 0 Å². The number of nitrogens with zero attached hydrogens (tertiary/aromatic N) is 4. The fourth-order valence-electron chi connectivity index (χ4n) is 7.93. The summed E-state index contributed by atoms with van der Waals surface area (Å²) in [5.74, 6) is -2.15. The molecule has 1 aliphatic carbocycles. The van der Waals surface area contributed by atoms with Crippen LogP contribution in [0.25, 0.3) is 10.9 Å². The molecule has 7 rings (SSSR count). The summed E-state index contributed by atoms with van der Waals surface area (Å²) in [7, 11) is 1.26. The summed E-state index contributed by atoms with van der Waals surface area (Å²) in [4.78, 5) is 47.6. The van der Waals surface area contributed by atoms with Crippen molar-refractivity contribution in [2.75, 3.05) is 49.7 Å². The second-order valence-electron chi connectivity index (χ2n) is 13.8. The number of piperazine rings is 1. The van der Waals surface area contributed by atoms with E-state index in [0.29, 0.717) is 28.4 Å². The van der Waals surface area contributed by atoms with Gasteiger partial charge in [0.15, 0.2) is 0 Å². The van der Waals surface area contributed by atoms with Gasteiger partial charge in [-0.05, 0) is 86.6 Å². The molecule has 4 aromatic rings. The van der Waals surface area contributed by atoms with Crippen molar-refractivity contribution in [2.24, 2.45) is 0 Å². The zero-order valence-electron chi connectivity index (χ0n) is 30.1. The molecule has 0 spiro atoms. The van der Waals surface area contributed by atoms with E-state index in [9.17, 15) is 19.7 Å². The Morgan fingerprint density at radius 3 is 2.34 bits per heavy atom. The van der Waals surface area contributed by atoms with E-state index in [1.807, 2.05) is 12.1 Å². The fraction of sp³-hybridized carbons (Fsp3) is 0.341. The number of hydrogen-bond acceptors (Lipinski definition) is 10. The van der Waals surface area contributed by atoms with Gasteiger partial charge in [-0.1, -0.05) is 35.9 Å². The lowest BCUT2D eigenvalue weighted by Gasteiger charge is -2.39. The summed E-state index contributed by atoms with van der Waals surface area (Å²) in [5.41, 5.74) is 8.73. The van der Waals surface area contributed by atoms with Crippen molar-refractivity contribution in [1.29, 1.82) is 0 Å². The van der Waals surface area contributed by atoms with E-state index in [-0.39, 0.29) is 23.4 Å². The first-order chi connectivity index (χ1) is 25.6. The summed E-state index contributed by atoms with van der Waals surface area (Å²) >= 11 is 6.36. The van der Waals surface area contributed by atoms with E-state index in [2.05, 4.69) is 45.4 Å². The van der Waals surface area contributed by atoms with Crippen molar-refractivity contribution in [3.05, 3.63) is 127 Å². The Kier molecular flexibility index (Phi) is 10.4. The number of anilines is 2. The molecule has 0 bridgehead atoms. The number of hydrogen-bond donors (Lipinski definition) is 1. The van der Waals surface area contributed by atoms with Crippen molar-refractivity contribution >= 4 is 51.5 Å². The Bertz CT molecular complexity index is 2160. The molecule has 1 fully saturated rings. The number of benzene rings is 3. The molecule has 1 aromatic heterocycles. The number of esters is 2. The molecule has 0 amide bonds. The Morgan fingerprint density at radius 2 is 1.62 bits per heavy atom. The van der Waals surface area contributed by atoms with Gasteiger partial charge < -0.3 is 24.6 Å². The molecular formula is C41H42ClN5O6. The monoisotopic (exact) mass is 735 g/mol. The van der Waals surface area contributed by atoms with Crippen LogP contribution in [-0.2, 0) is 38.3 Å². The van der Waals surface area contributed by atoms with E-state index in [1.54, 1.807) is 19.9 Å². The first-order valence-corrected chi connectivity index (χ1v) is 18.4. The van der Waals surface area contributed by atoms with E-state index < -0.39 is 22.8 Å². The highest BCUT2D eigenvalue weighted by Gasteiger charge is 2.38. The number of methoxy groups -OCH3 is 1. The number of non-ortho nitro benzene ring substituents is 1. The third-order valence-electron chi connectivity index (χ3n) is 10.5. The maximum atomic E-state index is 13.7. The molecule has 12 heteroatoms. The van der Waals surface area contributed by atoms with E-state index in [0.717, 1.165) is 55.8 Å². The number of aryl methyl sites for hydroxylation is 1. The molecule has 3 aliphatic rings. The number of pyridine rings is 1. The van der Waals surface area contributed by atoms with Crippen molar-refractivity contribution in [1.82, 2.24) is 10.3 Å². The Hall–Kier alpha value is -5.42. The third-order valence-corrected chi connectivity index (χ3v) is 10.8. The lowest BCUT2D eigenvalue weighted by atomic mass is 9.80. The number of carbonyl (C=O) groups is 2. The predicted octanol–water partition coefficient (Wildman–Crippen LogP) is 7.20. The topological polar surface area (TPSA) is 127 Å². The van der Waals surface area contributed by atoms with Crippen LogP contribution in [0.3, 0.4) is 0 Å². The van der Waals surface area contributed by atoms with Gasteiger partial charge in [0.25, 0.3) is 5.69 Å². The van der Waals surface area contributed by atoms with Crippen LogP contribution in [0.15, 0.2) is 89.3 Å². The maximum Gasteiger partial charge on any atom is 0.336 e. The zero-order valence-corrected chi connectivity index (χ0v) is 30.9. The number of rotatable bonds is 9. The molecule has 1 unspecified atom stereocenters. The first kappa shape index (κ1) is 36.0. The number of aromatic nitrogens is 1. The molecule has 2 aliphatic heterocycles. The number of carbonyl (C=O) groups excluding carboxylic acids is 2. The summed E-state index contributed by atoms with van der Waals surface area (Å²) in [6.45, 7) is 7.12. The SMILES string of the molecule is COC(=O)C1=C(C)NC(C)=C(C(=O)OCCc2ccc(N3CCN(c4c5c(nc6cc(Cl)ccc46)CCCC5)CC3)cc2)C1c1cccc([N+](=O)[O-])c1. The quantitative estimate of drug-likeness (QED) is 0.107. The lowest BCUT2D eigenvalue weighted by molar-refractivity contribution is -0.384. The van der Waals surface area contributed by atoms with Crippen LogP contribution in [0.4, 0.5) is 17.1 Å². The third kappa shape index (κ3) is 7.30. The summed E-state index contributed by atoms with van der Waals surface area (Å²) < 4.78 is 10.8. The Morgan fingerprint density at radius 1 is 0.925 bits per heavy atom. The lowest BCUT2D eigenvalue weighted by Crippen LogP contribution is -2.47. The number of allylic oxidation sites excluding steroid dienone is 2. The second kappa shape index (κ2) is 15.3. The van der Waals surface area contributed by atoms with Gasteiger partial charge in [0.1, 0.15) is 0 Å². The number of nitro benzene ring substituents is 1. The first-order valence-electron chi connectivity index (χ1n) is 18.0. The van der Waals surface area contributed by atoms with E-state index in [1.165, 1.54) is 60.5 Å². The van der Waals surface area contributed by atoms with Gasteiger partial charge >= 0.3 is 11.9 Å². The van der Waals surface area contributed by atoms with Crippen LogP contribution in [0.1, 0.15) is 55.0 Å². The smallest absolute Gasteiger partial charge is 0.336 e. The molecule has 1 N–H and O–H groups in total.